The molecule has 1 aliphatic carbocycles. The zero-order valence-electron chi connectivity index (χ0n) is 9.18. The molecule has 0 spiro atoms. The third kappa shape index (κ3) is 2.31. The third-order valence-electron chi connectivity index (χ3n) is 3.01. The molecule has 2 aromatic rings. The second-order valence-corrected chi connectivity index (χ2v) is 5.08. The van der Waals surface area contributed by atoms with E-state index in [1.54, 1.807) is 12.5 Å². The molecule has 0 aliphatic heterocycles. The van der Waals surface area contributed by atoms with E-state index in [1.807, 2.05) is 0 Å². The van der Waals surface area contributed by atoms with Crippen LogP contribution in [0, 0.1) is 0 Å². The van der Waals surface area contributed by atoms with Crippen molar-refractivity contribution in [2.75, 3.05) is 5.32 Å². The first-order chi connectivity index (χ1) is 8.34. The van der Waals surface area contributed by atoms with Gasteiger partial charge in [-0.15, -0.1) is 0 Å². The molecule has 3 rings (SSSR count). The summed E-state index contributed by atoms with van der Waals surface area (Å²) in [5.41, 5.74) is 1.40. The minimum absolute atomic E-state index is 0.489. The first-order valence-electron chi connectivity index (χ1n) is 5.61. The fourth-order valence-electron chi connectivity index (χ4n) is 2.02. The Morgan fingerprint density at radius 2 is 2.06 bits per heavy atom. The van der Waals surface area contributed by atoms with E-state index in [4.69, 9.17) is 0 Å². The van der Waals surface area contributed by atoms with Crippen LogP contribution in [0.1, 0.15) is 17.9 Å². The van der Waals surface area contributed by atoms with Crippen molar-refractivity contribution in [3.05, 3.63) is 52.9 Å². The Hall–Kier alpha value is -1.42. The summed E-state index contributed by atoms with van der Waals surface area (Å²) in [4.78, 5) is 8.17. The van der Waals surface area contributed by atoms with E-state index in [0.717, 1.165) is 10.3 Å². The summed E-state index contributed by atoms with van der Waals surface area (Å²) < 4.78 is 0.915. The first kappa shape index (κ1) is 10.7. The van der Waals surface area contributed by atoms with E-state index >= 15 is 0 Å². The van der Waals surface area contributed by atoms with Gasteiger partial charge in [0, 0.05) is 18.2 Å². The first-order valence-corrected chi connectivity index (χ1v) is 6.41. The summed E-state index contributed by atoms with van der Waals surface area (Å²) in [6.45, 7) is 0. The van der Waals surface area contributed by atoms with Crippen LogP contribution in [0.15, 0.2) is 47.3 Å². The largest absolute Gasteiger partial charge is 0.366 e. The smallest absolute Gasteiger partial charge is 0.143 e. The zero-order chi connectivity index (χ0) is 11.7. The predicted molar refractivity (Wildman–Crippen MR) is 70.9 cm³/mol. The molecule has 86 valence electrons. The summed E-state index contributed by atoms with van der Waals surface area (Å²) in [5, 5.41) is 3.43. The van der Waals surface area contributed by atoms with Crippen molar-refractivity contribution in [1.29, 1.82) is 0 Å². The summed E-state index contributed by atoms with van der Waals surface area (Å²) >= 11 is 3.44. The van der Waals surface area contributed by atoms with Gasteiger partial charge in [0.05, 0.1) is 4.47 Å². The maximum absolute atomic E-state index is 4.22. The Morgan fingerprint density at radius 3 is 2.82 bits per heavy atom. The molecule has 0 radical (unpaired) electrons. The molecule has 1 aliphatic rings. The number of hydrogen-bond acceptors (Lipinski definition) is 3. The molecule has 1 fully saturated rings. The van der Waals surface area contributed by atoms with Crippen LogP contribution in [0.3, 0.4) is 0 Å². The number of aromatic nitrogens is 2. The van der Waals surface area contributed by atoms with E-state index in [2.05, 4.69) is 61.5 Å². The molecule has 4 heteroatoms. The Morgan fingerprint density at radius 1 is 1.24 bits per heavy atom. The Bertz CT molecular complexity index is 515. The number of halogens is 1. The quantitative estimate of drug-likeness (QED) is 0.943. The molecular formula is C13H12BrN3. The monoisotopic (exact) mass is 289 g/mol. The van der Waals surface area contributed by atoms with Crippen LogP contribution in [-0.4, -0.2) is 16.0 Å². The summed E-state index contributed by atoms with van der Waals surface area (Å²) in [5.74, 6) is 1.49. The molecular weight excluding hydrogens is 278 g/mol. The average molecular weight is 290 g/mol. The highest BCUT2D eigenvalue weighted by Crippen LogP contribution is 2.43. The van der Waals surface area contributed by atoms with Gasteiger partial charge in [-0.05, 0) is 27.9 Å². The Kier molecular flexibility index (Phi) is 2.81. The third-order valence-corrected chi connectivity index (χ3v) is 3.59. The van der Waals surface area contributed by atoms with Gasteiger partial charge >= 0.3 is 0 Å². The second-order valence-electron chi connectivity index (χ2n) is 4.22. The predicted octanol–water partition coefficient (Wildman–Crippen LogP) is 3.21. The highest BCUT2D eigenvalue weighted by atomic mass is 79.9. The van der Waals surface area contributed by atoms with Crippen molar-refractivity contribution in [3.63, 3.8) is 0 Å². The van der Waals surface area contributed by atoms with Crippen molar-refractivity contribution in [2.24, 2.45) is 0 Å². The van der Waals surface area contributed by atoms with Crippen LogP contribution in [0.25, 0.3) is 0 Å². The highest BCUT2D eigenvalue weighted by molar-refractivity contribution is 9.10. The lowest BCUT2D eigenvalue weighted by Gasteiger charge is -2.06. The van der Waals surface area contributed by atoms with Gasteiger partial charge in [-0.1, -0.05) is 30.3 Å². The van der Waals surface area contributed by atoms with E-state index < -0.39 is 0 Å². The van der Waals surface area contributed by atoms with Crippen LogP contribution in [0.4, 0.5) is 5.82 Å². The van der Waals surface area contributed by atoms with Crippen LogP contribution in [0.2, 0.25) is 0 Å². The average Bonchev–Trinajstić information content (AvgIpc) is 3.13. The van der Waals surface area contributed by atoms with Gasteiger partial charge in [-0.2, -0.15) is 0 Å². The summed E-state index contributed by atoms with van der Waals surface area (Å²) in [6.07, 6.45) is 4.49. The fraction of sp³-hybridized carbons (Fsp3) is 0.231. The van der Waals surface area contributed by atoms with Crippen LogP contribution >= 0.6 is 15.9 Å². The van der Waals surface area contributed by atoms with Crippen LogP contribution < -0.4 is 5.32 Å². The molecule has 0 saturated heterocycles. The van der Waals surface area contributed by atoms with Crippen molar-refractivity contribution in [1.82, 2.24) is 9.97 Å². The maximum Gasteiger partial charge on any atom is 0.143 e. The van der Waals surface area contributed by atoms with Gasteiger partial charge in [0.25, 0.3) is 0 Å². The number of anilines is 1. The molecule has 17 heavy (non-hydrogen) atoms. The number of nitrogens with one attached hydrogen (secondary N) is 1. The molecule has 2 atom stereocenters. The van der Waals surface area contributed by atoms with E-state index in [0.29, 0.717) is 12.0 Å². The Balaban J connectivity index is 1.69. The molecule has 0 bridgehead atoms. The highest BCUT2D eigenvalue weighted by Gasteiger charge is 2.38. The van der Waals surface area contributed by atoms with Gasteiger partial charge < -0.3 is 5.32 Å². The van der Waals surface area contributed by atoms with E-state index in [1.165, 1.54) is 12.0 Å². The topological polar surface area (TPSA) is 37.8 Å². The lowest BCUT2D eigenvalue weighted by atomic mass is 10.1. The SMILES string of the molecule is Brc1cncnc1NC1CC1c1ccccc1. The number of hydrogen-bond donors (Lipinski definition) is 1. The maximum atomic E-state index is 4.22. The number of rotatable bonds is 3. The van der Waals surface area contributed by atoms with E-state index in [-0.39, 0.29) is 0 Å². The number of benzene rings is 1. The molecule has 1 aromatic heterocycles. The normalized spacial score (nSPS) is 22.2. The van der Waals surface area contributed by atoms with Crippen molar-refractivity contribution >= 4 is 21.7 Å². The van der Waals surface area contributed by atoms with E-state index in [9.17, 15) is 0 Å². The minimum Gasteiger partial charge on any atom is -0.366 e. The van der Waals surface area contributed by atoms with Gasteiger partial charge in [-0.3, -0.25) is 0 Å². The molecule has 0 amide bonds. The Labute approximate surface area is 108 Å². The second kappa shape index (κ2) is 4.45. The summed E-state index contributed by atoms with van der Waals surface area (Å²) in [7, 11) is 0. The molecule has 3 nitrogen and oxygen atoms in total. The van der Waals surface area contributed by atoms with Gasteiger partial charge in [0.15, 0.2) is 0 Å². The van der Waals surface area contributed by atoms with Crippen molar-refractivity contribution in [3.8, 4) is 0 Å². The molecule has 1 heterocycles. The molecule has 1 saturated carbocycles. The van der Waals surface area contributed by atoms with Gasteiger partial charge in [0.2, 0.25) is 0 Å². The minimum atomic E-state index is 0.489. The lowest BCUT2D eigenvalue weighted by molar-refractivity contribution is 1.02. The van der Waals surface area contributed by atoms with Crippen LogP contribution in [-0.2, 0) is 0 Å². The van der Waals surface area contributed by atoms with Crippen molar-refractivity contribution < 1.29 is 0 Å². The van der Waals surface area contributed by atoms with Gasteiger partial charge in [0.1, 0.15) is 12.1 Å². The van der Waals surface area contributed by atoms with Gasteiger partial charge in [-0.25, -0.2) is 9.97 Å². The summed E-state index contributed by atoms with van der Waals surface area (Å²) in [6, 6.07) is 11.1. The van der Waals surface area contributed by atoms with Crippen molar-refractivity contribution in [2.45, 2.75) is 18.4 Å². The van der Waals surface area contributed by atoms with Crippen LogP contribution in [0.5, 0.6) is 0 Å². The fourth-order valence-corrected chi connectivity index (χ4v) is 2.35. The molecule has 2 unspecified atom stereocenters. The standard InChI is InChI=1S/C13H12BrN3/c14-11-7-15-8-16-13(11)17-12-6-10(12)9-4-2-1-3-5-9/h1-5,7-8,10,12H,6H2,(H,15,16,17). The molecule has 1 aromatic carbocycles. The zero-order valence-corrected chi connectivity index (χ0v) is 10.8. The molecule has 1 N–H and O–H groups in total. The number of nitrogens with zero attached hydrogens (tertiary/aromatic N) is 2. The lowest BCUT2D eigenvalue weighted by Crippen LogP contribution is -2.06.